The van der Waals surface area contributed by atoms with Gasteiger partial charge in [0.2, 0.25) is 0 Å². The molecule has 4 heteroatoms. The molecule has 2 nitrogen and oxygen atoms in total. The molecule has 0 amide bonds. The number of hydrogen-bond acceptors (Lipinski definition) is 3. The second-order valence-electron chi connectivity index (χ2n) is 4.32. The number of thioether (sulfide) groups is 1. The van der Waals surface area contributed by atoms with Crippen LogP contribution in [-0.4, -0.2) is 41.5 Å². The van der Waals surface area contributed by atoms with E-state index in [1.165, 1.54) is 11.3 Å². The van der Waals surface area contributed by atoms with Crippen molar-refractivity contribution in [3.63, 3.8) is 0 Å². The van der Waals surface area contributed by atoms with Gasteiger partial charge in [0, 0.05) is 28.3 Å². The molecule has 0 spiro atoms. The minimum Gasteiger partial charge on any atom is -0.395 e. The van der Waals surface area contributed by atoms with Gasteiger partial charge in [-0.2, -0.15) is 0 Å². The van der Waals surface area contributed by atoms with Gasteiger partial charge in [-0.05, 0) is 43.7 Å². The third kappa shape index (κ3) is 3.88. The lowest BCUT2D eigenvalue weighted by Gasteiger charge is -2.22. The number of aliphatic hydroxyl groups excluding tert-OH is 1. The Kier molecular flexibility index (Phi) is 5.16. The molecule has 1 aromatic carbocycles. The third-order valence-electron chi connectivity index (χ3n) is 3.17. The van der Waals surface area contributed by atoms with E-state index in [4.69, 9.17) is 11.6 Å². The summed E-state index contributed by atoms with van der Waals surface area (Å²) in [6.07, 6.45) is 2.36. The normalized spacial score (nSPS) is 20.9. The summed E-state index contributed by atoms with van der Waals surface area (Å²) < 4.78 is 0. The molecular weight excluding hydrogens is 254 g/mol. The van der Waals surface area contributed by atoms with Crippen molar-refractivity contribution < 1.29 is 5.11 Å². The first-order valence-corrected chi connectivity index (χ1v) is 7.39. The largest absolute Gasteiger partial charge is 0.395 e. The quantitative estimate of drug-likeness (QED) is 0.833. The smallest absolute Gasteiger partial charge is 0.0586 e. The Balaban J connectivity index is 1.74. The number of hydrogen-bond donors (Lipinski definition) is 1. The Morgan fingerprint density at radius 3 is 2.82 bits per heavy atom. The summed E-state index contributed by atoms with van der Waals surface area (Å²) in [6, 6.07) is 8.36. The molecule has 17 heavy (non-hydrogen) atoms. The van der Waals surface area contributed by atoms with E-state index >= 15 is 0 Å². The molecule has 0 aromatic heterocycles. The molecule has 1 fully saturated rings. The van der Waals surface area contributed by atoms with E-state index in [-0.39, 0.29) is 0 Å². The van der Waals surface area contributed by atoms with Crippen LogP contribution in [0.5, 0.6) is 0 Å². The van der Waals surface area contributed by atoms with Gasteiger partial charge in [-0.25, -0.2) is 0 Å². The topological polar surface area (TPSA) is 23.5 Å². The van der Waals surface area contributed by atoms with Crippen LogP contribution in [0.3, 0.4) is 0 Å². The van der Waals surface area contributed by atoms with Gasteiger partial charge in [-0.3, -0.25) is 4.90 Å². The van der Waals surface area contributed by atoms with Crippen LogP contribution in [-0.2, 0) is 0 Å². The van der Waals surface area contributed by atoms with E-state index in [1.807, 2.05) is 23.9 Å². The van der Waals surface area contributed by atoms with Gasteiger partial charge in [0.25, 0.3) is 0 Å². The molecular formula is C13H18ClNOS. The molecule has 0 unspecified atom stereocenters. The molecule has 0 bridgehead atoms. The molecule has 94 valence electrons. The van der Waals surface area contributed by atoms with E-state index in [2.05, 4.69) is 17.0 Å². The maximum atomic E-state index is 9.22. The Morgan fingerprint density at radius 2 is 2.12 bits per heavy atom. The second kappa shape index (κ2) is 6.64. The van der Waals surface area contributed by atoms with Gasteiger partial charge in [0.05, 0.1) is 6.61 Å². The molecule has 0 radical (unpaired) electrons. The lowest BCUT2D eigenvalue weighted by molar-refractivity contribution is 0.165. The summed E-state index contributed by atoms with van der Waals surface area (Å²) in [4.78, 5) is 3.65. The Labute approximate surface area is 112 Å². The van der Waals surface area contributed by atoms with Crippen molar-refractivity contribution in [1.82, 2.24) is 4.90 Å². The van der Waals surface area contributed by atoms with Crippen LogP contribution in [0.2, 0.25) is 5.02 Å². The van der Waals surface area contributed by atoms with Gasteiger partial charge in [-0.1, -0.05) is 11.6 Å². The molecule has 1 aromatic rings. The van der Waals surface area contributed by atoms with Gasteiger partial charge in [-0.15, -0.1) is 11.8 Å². The standard InChI is InChI=1S/C13H18ClNOS/c14-11-3-5-13(6-4-11)17-9-8-15-7-1-2-12(15)10-16/h3-6,12,16H,1-2,7-10H2/t12-/m0/s1. The summed E-state index contributed by atoms with van der Waals surface area (Å²) >= 11 is 7.69. The molecule has 2 rings (SSSR count). The molecule has 1 N–H and O–H groups in total. The van der Waals surface area contributed by atoms with E-state index in [9.17, 15) is 5.11 Å². The minimum atomic E-state index is 0.297. The summed E-state index contributed by atoms with van der Waals surface area (Å²) in [6.45, 7) is 2.48. The number of aliphatic hydroxyl groups is 1. The van der Waals surface area contributed by atoms with Crippen LogP contribution in [0.25, 0.3) is 0 Å². The average molecular weight is 272 g/mol. The SMILES string of the molecule is OC[C@@H]1CCCN1CCSc1ccc(Cl)cc1. The Morgan fingerprint density at radius 1 is 1.35 bits per heavy atom. The zero-order valence-corrected chi connectivity index (χ0v) is 11.4. The lowest BCUT2D eigenvalue weighted by Crippen LogP contribution is -2.33. The van der Waals surface area contributed by atoms with E-state index in [1.54, 1.807) is 0 Å². The summed E-state index contributed by atoms with van der Waals surface area (Å²) in [5.41, 5.74) is 0. The zero-order chi connectivity index (χ0) is 12.1. The predicted molar refractivity (Wildman–Crippen MR) is 73.9 cm³/mol. The van der Waals surface area contributed by atoms with E-state index in [0.29, 0.717) is 12.6 Å². The highest BCUT2D eigenvalue weighted by Gasteiger charge is 2.22. The Hall–Kier alpha value is -0.220. The summed E-state index contributed by atoms with van der Waals surface area (Å²) in [7, 11) is 0. The third-order valence-corrected chi connectivity index (χ3v) is 4.41. The van der Waals surface area contributed by atoms with Crippen molar-refractivity contribution in [3.8, 4) is 0 Å². The predicted octanol–water partition coefficient (Wildman–Crippen LogP) is 2.89. The van der Waals surface area contributed by atoms with Crippen molar-refractivity contribution in [2.75, 3.05) is 25.4 Å². The first-order valence-electron chi connectivity index (χ1n) is 6.03. The highest BCUT2D eigenvalue weighted by molar-refractivity contribution is 7.99. The van der Waals surface area contributed by atoms with Crippen LogP contribution < -0.4 is 0 Å². The van der Waals surface area contributed by atoms with Gasteiger partial charge in [0.15, 0.2) is 0 Å². The fraction of sp³-hybridized carbons (Fsp3) is 0.538. The molecule has 1 atom stereocenters. The van der Waals surface area contributed by atoms with Crippen LogP contribution in [0, 0.1) is 0 Å². The van der Waals surface area contributed by atoms with Crippen molar-refractivity contribution in [2.24, 2.45) is 0 Å². The first-order chi connectivity index (χ1) is 8.29. The molecule has 0 saturated carbocycles. The van der Waals surface area contributed by atoms with Crippen molar-refractivity contribution in [3.05, 3.63) is 29.3 Å². The van der Waals surface area contributed by atoms with Crippen LogP contribution in [0.15, 0.2) is 29.2 Å². The Bertz CT molecular complexity index is 344. The minimum absolute atomic E-state index is 0.297. The monoisotopic (exact) mass is 271 g/mol. The number of likely N-dealkylation sites (tertiary alicyclic amines) is 1. The second-order valence-corrected chi connectivity index (χ2v) is 5.92. The average Bonchev–Trinajstić information content (AvgIpc) is 2.79. The van der Waals surface area contributed by atoms with Crippen molar-refractivity contribution in [1.29, 1.82) is 0 Å². The fourth-order valence-corrected chi connectivity index (χ4v) is 3.22. The van der Waals surface area contributed by atoms with Crippen LogP contribution in [0.1, 0.15) is 12.8 Å². The van der Waals surface area contributed by atoms with Crippen molar-refractivity contribution >= 4 is 23.4 Å². The maximum Gasteiger partial charge on any atom is 0.0586 e. The van der Waals surface area contributed by atoms with E-state index < -0.39 is 0 Å². The maximum absolute atomic E-state index is 9.22. The van der Waals surface area contributed by atoms with Gasteiger partial charge >= 0.3 is 0 Å². The number of rotatable bonds is 5. The molecule has 1 heterocycles. The number of benzene rings is 1. The lowest BCUT2D eigenvalue weighted by atomic mass is 10.2. The molecule has 1 aliphatic heterocycles. The van der Waals surface area contributed by atoms with Crippen molar-refractivity contribution in [2.45, 2.75) is 23.8 Å². The summed E-state index contributed by atoms with van der Waals surface area (Å²) in [5, 5.41) is 10.0. The molecule has 0 aliphatic carbocycles. The van der Waals surface area contributed by atoms with Crippen LogP contribution >= 0.6 is 23.4 Å². The zero-order valence-electron chi connectivity index (χ0n) is 9.81. The van der Waals surface area contributed by atoms with Gasteiger partial charge < -0.3 is 5.11 Å². The number of nitrogens with zero attached hydrogens (tertiary/aromatic N) is 1. The highest BCUT2D eigenvalue weighted by atomic mass is 35.5. The first kappa shape index (κ1) is 13.2. The molecule has 1 saturated heterocycles. The summed E-state index contributed by atoms with van der Waals surface area (Å²) in [5.74, 6) is 1.07. The van der Waals surface area contributed by atoms with E-state index in [0.717, 1.165) is 30.3 Å². The highest BCUT2D eigenvalue weighted by Crippen LogP contribution is 2.22. The number of halogens is 1. The van der Waals surface area contributed by atoms with Gasteiger partial charge in [0.1, 0.15) is 0 Å². The molecule has 1 aliphatic rings. The fourth-order valence-electron chi connectivity index (χ4n) is 2.21. The van der Waals surface area contributed by atoms with Crippen LogP contribution in [0.4, 0.5) is 0 Å².